The van der Waals surface area contributed by atoms with Gasteiger partial charge in [-0.05, 0) is 42.0 Å². The van der Waals surface area contributed by atoms with Crippen LogP contribution >= 0.6 is 0 Å². The fraction of sp³-hybridized carbons (Fsp3) is 0.0909. The number of pyridine rings is 1. The number of methoxy groups -OCH3 is 1. The first-order chi connectivity index (χ1) is 14.2. The Labute approximate surface area is 166 Å². The Bertz CT molecular complexity index is 1220. The third-order valence-corrected chi connectivity index (χ3v) is 4.51. The largest absolute Gasteiger partial charge is 0.497 e. The van der Waals surface area contributed by atoms with Crippen molar-refractivity contribution >= 4 is 16.7 Å². The average molecular weight is 386 g/mol. The summed E-state index contributed by atoms with van der Waals surface area (Å²) in [4.78, 5) is 29.9. The van der Waals surface area contributed by atoms with Crippen LogP contribution in [0.25, 0.3) is 16.5 Å². The summed E-state index contributed by atoms with van der Waals surface area (Å²) in [7, 11) is 1.57. The zero-order chi connectivity index (χ0) is 20.2. The summed E-state index contributed by atoms with van der Waals surface area (Å²) in [6, 6.07) is 17.5. The minimum absolute atomic E-state index is 0.180. The quantitative estimate of drug-likeness (QED) is 0.570. The molecule has 4 aromatic rings. The minimum Gasteiger partial charge on any atom is -0.497 e. The Morgan fingerprint density at radius 2 is 1.79 bits per heavy atom. The Balaban J connectivity index is 1.77. The Kier molecular flexibility index (Phi) is 5.03. The Morgan fingerprint density at radius 1 is 1.03 bits per heavy atom. The fourth-order valence-electron chi connectivity index (χ4n) is 3.02. The molecule has 0 aliphatic rings. The van der Waals surface area contributed by atoms with Crippen LogP contribution in [0.3, 0.4) is 0 Å². The molecule has 144 valence electrons. The summed E-state index contributed by atoms with van der Waals surface area (Å²) in [5.41, 5.74) is 1.30. The molecule has 0 fully saturated rings. The first-order valence-electron chi connectivity index (χ1n) is 9.01. The topological polar surface area (TPSA) is 86.1 Å². The number of carbonyl (C=O) groups is 1. The van der Waals surface area contributed by atoms with Gasteiger partial charge in [-0.3, -0.25) is 14.6 Å². The first-order valence-corrected chi connectivity index (χ1v) is 9.01. The van der Waals surface area contributed by atoms with E-state index in [-0.39, 0.29) is 17.2 Å². The van der Waals surface area contributed by atoms with E-state index in [4.69, 9.17) is 4.74 Å². The van der Waals surface area contributed by atoms with Crippen LogP contribution in [-0.4, -0.2) is 27.8 Å². The molecule has 1 amide bonds. The highest BCUT2D eigenvalue weighted by Gasteiger charge is 2.17. The lowest BCUT2D eigenvalue weighted by Gasteiger charge is -2.12. The van der Waals surface area contributed by atoms with E-state index >= 15 is 0 Å². The van der Waals surface area contributed by atoms with Crippen LogP contribution in [0.1, 0.15) is 16.1 Å². The maximum atomic E-state index is 13.0. The SMILES string of the molecule is COc1ccc(-n2nc(C(=O)NCc3cccnc3)c3ccccc3c2=O)cc1. The Morgan fingerprint density at radius 3 is 2.48 bits per heavy atom. The highest BCUT2D eigenvalue weighted by molar-refractivity contribution is 6.04. The number of rotatable bonds is 5. The number of carbonyl (C=O) groups excluding carboxylic acids is 1. The van der Waals surface area contributed by atoms with Crippen molar-refractivity contribution in [2.24, 2.45) is 0 Å². The second-order valence-electron chi connectivity index (χ2n) is 6.35. The number of fused-ring (bicyclic) bond motifs is 1. The fourth-order valence-corrected chi connectivity index (χ4v) is 3.02. The molecule has 0 saturated heterocycles. The van der Waals surface area contributed by atoms with Crippen molar-refractivity contribution in [3.63, 3.8) is 0 Å². The third kappa shape index (κ3) is 3.70. The van der Waals surface area contributed by atoms with Crippen molar-refractivity contribution in [1.29, 1.82) is 0 Å². The van der Waals surface area contributed by atoms with Gasteiger partial charge in [0.2, 0.25) is 0 Å². The molecule has 7 heteroatoms. The van der Waals surface area contributed by atoms with Gasteiger partial charge in [0.05, 0.1) is 18.2 Å². The summed E-state index contributed by atoms with van der Waals surface area (Å²) in [5.74, 6) is 0.296. The number of nitrogens with zero attached hydrogens (tertiary/aromatic N) is 3. The highest BCUT2D eigenvalue weighted by atomic mass is 16.5. The molecule has 2 aromatic carbocycles. The number of benzene rings is 2. The van der Waals surface area contributed by atoms with Gasteiger partial charge in [0.25, 0.3) is 11.5 Å². The van der Waals surface area contributed by atoms with E-state index in [1.54, 1.807) is 74.1 Å². The van der Waals surface area contributed by atoms with Gasteiger partial charge < -0.3 is 10.1 Å². The molecular weight excluding hydrogens is 368 g/mol. The van der Waals surface area contributed by atoms with E-state index in [0.29, 0.717) is 28.8 Å². The van der Waals surface area contributed by atoms with Gasteiger partial charge in [-0.15, -0.1) is 0 Å². The van der Waals surface area contributed by atoms with Gasteiger partial charge in [-0.25, -0.2) is 0 Å². The molecule has 0 radical (unpaired) electrons. The molecule has 7 nitrogen and oxygen atoms in total. The summed E-state index contributed by atoms with van der Waals surface area (Å²) in [6.45, 7) is 0.310. The minimum atomic E-state index is -0.368. The second kappa shape index (κ2) is 7.93. The molecule has 0 aliphatic carbocycles. The van der Waals surface area contributed by atoms with Gasteiger partial charge in [0.15, 0.2) is 5.69 Å². The molecular formula is C22H18N4O3. The highest BCUT2D eigenvalue weighted by Crippen LogP contribution is 2.17. The number of amides is 1. The van der Waals surface area contributed by atoms with Gasteiger partial charge in [-0.1, -0.05) is 24.3 Å². The van der Waals surface area contributed by atoms with Crippen LogP contribution in [0.15, 0.2) is 77.9 Å². The van der Waals surface area contributed by atoms with Crippen molar-refractivity contribution < 1.29 is 9.53 Å². The lowest BCUT2D eigenvalue weighted by atomic mass is 10.1. The lowest BCUT2D eigenvalue weighted by molar-refractivity contribution is 0.0946. The molecule has 0 spiro atoms. The maximum absolute atomic E-state index is 13.0. The van der Waals surface area contributed by atoms with Gasteiger partial charge >= 0.3 is 0 Å². The number of hydrogen-bond acceptors (Lipinski definition) is 5. The number of nitrogens with one attached hydrogen (secondary N) is 1. The van der Waals surface area contributed by atoms with Crippen LogP contribution in [0.4, 0.5) is 0 Å². The molecule has 2 heterocycles. The first kappa shape index (κ1) is 18.4. The predicted molar refractivity (Wildman–Crippen MR) is 109 cm³/mol. The molecule has 0 unspecified atom stereocenters. The summed E-state index contributed by atoms with van der Waals surface area (Å²) in [6.07, 6.45) is 3.36. The standard InChI is InChI=1S/C22H18N4O3/c1-29-17-10-8-16(9-11-17)26-22(28)19-7-3-2-6-18(19)20(25-26)21(27)24-14-15-5-4-12-23-13-15/h2-13H,14H2,1H3,(H,24,27). The van der Waals surface area contributed by atoms with Crippen LogP contribution in [0.5, 0.6) is 5.75 Å². The zero-order valence-corrected chi connectivity index (χ0v) is 15.7. The van der Waals surface area contributed by atoms with Crippen molar-refractivity contribution in [2.75, 3.05) is 7.11 Å². The van der Waals surface area contributed by atoms with Gasteiger partial charge in [0.1, 0.15) is 5.75 Å². The normalized spacial score (nSPS) is 10.7. The summed E-state index contributed by atoms with van der Waals surface area (Å²) < 4.78 is 6.40. The maximum Gasteiger partial charge on any atom is 0.279 e. The van der Waals surface area contributed by atoms with Crippen LogP contribution < -0.4 is 15.6 Å². The molecule has 0 atom stereocenters. The predicted octanol–water partition coefficient (Wildman–Crippen LogP) is 2.72. The lowest BCUT2D eigenvalue weighted by Crippen LogP contribution is -2.29. The monoisotopic (exact) mass is 386 g/mol. The number of aromatic nitrogens is 3. The second-order valence-corrected chi connectivity index (χ2v) is 6.35. The van der Waals surface area contributed by atoms with Crippen molar-refractivity contribution in [1.82, 2.24) is 20.1 Å². The third-order valence-electron chi connectivity index (χ3n) is 4.51. The van der Waals surface area contributed by atoms with E-state index in [1.807, 2.05) is 6.07 Å². The molecule has 2 aromatic heterocycles. The smallest absolute Gasteiger partial charge is 0.279 e. The van der Waals surface area contributed by atoms with E-state index in [9.17, 15) is 9.59 Å². The average Bonchev–Trinajstić information content (AvgIpc) is 2.79. The summed E-state index contributed by atoms with van der Waals surface area (Å²) in [5, 5.41) is 8.15. The van der Waals surface area contributed by atoms with Gasteiger partial charge in [0, 0.05) is 24.3 Å². The molecule has 0 bridgehead atoms. The van der Waals surface area contributed by atoms with Crippen LogP contribution in [-0.2, 0) is 6.54 Å². The van der Waals surface area contributed by atoms with Gasteiger partial charge in [-0.2, -0.15) is 9.78 Å². The zero-order valence-electron chi connectivity index (χ0n) is 15.7. The summed E-state index contributed by atoms with van der Waals surface area (Å²) >= 11 is 0. The van der Waals surface area contributed by atoms with E-state index < -0.39 is 0 Å². The van der Waals surface area contributed by atoms with Crippen LogP contribution in [0.2, 0.25) is 0 Å². The number of hydrogen-bond donors (Lipinski definition) is 1. The molecule has 1 N–H and O–H groups in total. The van der Waals surface area contributed by atoms with Crippen LogP contribution in [0, 0.1) is 0 Å². The van der Waals surface area contributed by atoms with E-state index in [0.717, 1.165) is 5.56 Å². The Hall–Kier alpha value is -4.00. The van der Waals surface area contributed by atoms with E-state index in [2.05, 4.69) is 15.4 Å². The number of ether oxygens (including phenoxy) is 1. The molecule has 4 rings (SSSR count). The molecule has 29 heavy (non-hydrogen) atoms. The van der Waals surface area contributed by atoms with E-state index in [1.165, 1.54) is 4.68 Å². The van der Waals surface area contributed by atoms with Crippen molar-refractivity contribution in [3.8, 4) is 11.4 Å². The molecule has 0 aliphatic heterocycles. The van der Waals surface area contributed by atoms with Crippen molar-refractivity contribution in [3.05, 3.63) is 94.7 Å². The van der Waals surface area contributed by atoms with Crippen molar-refractivity contribution in [2.45, 2.75) is 6.54 Å². The molecule has 0 saturated carbocycles.